The summed E-state index contributed by atoms with van der Waals surface area (Å²) in [6, 6.07) is 5.74. The number of benzene rings is 1. The molecule has 1 aromatic carbocycles. The third-order valence-corrected chi connectivity index (χ3v) is 4.61. The smallest absolute Gasteiger partial charge is 0.229 e. The lowest BCUT2D eigenvalue weighted by Crippen LogP contribution is -2.36. The van der Waals surface area contributed by atoms with E-state index < -0.39 is 0 Å². The van der Waals surface area contributed by atoms with Crippen molar-refractivity contribution in [3.63, 3.8) is 0 Å². The Morgan fingerprint density at radius 2 is 2.29 bits per heavy atom. The SMILES string of the molecule is CN(C)CCNC(=O)[C@@H]1CC(=O)N(c2n[nH]c3cc(Br)ccc23)C1. The van der Waals surface area contributed by atoms with E-state index in [1.807, 2.05) is 37.2 Å². The highest BCUT2D eigenvalue weighted by atomic mass is 79.9. The second kappa shape index (κ2) is 6.90. The van der Waals surface area contributed by atoms with E-state index in [1.165, 1.54) is 0 Å². The fourth-order valence-corrected chi connectivity index (χ4v) is 3.18. The molecule has 1 aromatic heterocycles. The minimum Gasteiger partial charge on any atom is -0.355 e. The quantitative estimate of drug-likeness (QED) is 0.803. The highest BCUT2D eigenvalue weighted by Gasteiger charge is 2.36. The molecule has 0 spiro atoms. The van der Waals surface area contributed by atoms with Gasteiger partial charge in [-0.1, -0.05) is 15.9 Å². The van der Waals surface area contributed by atoms with Crippen LogP contribution in [0.25, 0.3) is 10.9 Å². The van der Waals surface area contributed by atoms with Crippen molar-refractivity contribution < 1.29 is 9.59 Å². The molecule has 2 aromatic rings. The maximum Gasteiger partial charge on any atom is 0.229 e. The fourth-order valence-electron chi connectivity index (χ4n) is 2.82. The van der Waals surface area contributed by atoms with Crippen LogP contribution < -0.4 is 10.2 Å². The molecule has 0 bridgehead atoms. The van der Waals surface area contributed by atoms with Crippen LogP contribution >= 0.6 is 15.9 Å². The lowest BCUT2D eigenvalue weighted by Gasteiger charge is -2.15. The topological polar surface area (TPSA) is 81.3 Å². The third kappa shape index (κ3) is 3.44. The zero-order valence-corrected chi connectivity index (χ0v) is 15.3. The van der Waals surface area contributed by atoms with Crippen LogP contribution in [0.1, 0.15) is 6.42 Å². The molecular weight excluding hydrogens is 374 g/mol. The first-order valence-corrected chi connectivity index (χ1v) is 8.61. The maximum absolute atomic E-state index is 12.4. The van der Waals surface area contributed by atoms with Crippen LogP contribution in [0, 0.1) is 5.92 Å². The van der Waals surface area contributed by atoms with Crippen LogP contribution in [0.4, 0.5) is 5.82 Å². The average molecular weight is 394 g/mol. The van der Waals surface area contributed by atoms with Gasteiger partial charge in [0.15, 0.2) is 5.82 Å². The minimum absolute atomic E-state index is 0.0703. The second-order valence-corrected chi connectivity index (χ2v) is 7.15. The van der Waals surface area contributed by atoms with Gasteiger partial charge in [0.2, 0.25) is 11.8 Å². The van der Waals surface area contributed by atoms with Gasteiger partial charge in [-0.25, -0.2) is 0 Å². The highest BCUT2D eigenvalue weighted by Crippen LogP contribution is 2.31. The Labute approximate surface area is 148 Å². The molecule has 0 radical (unpaired) electrons. The molecular formula is C16H20BrN5O2. The Bertz CT molecular complexity index is 773. The summed E-state index contributed by atoms with van der Waals surface area (Å²) in [6.45, 7) is 1.72. The molecule has 1 aliphatic heterocycles. The molecule has 2 amide bonds. The van der Waals surface area contributed by atoms with Crippen molar-refractivity contribution in [1.82, 2.24) is 20.4 Å². The van der Waals surface area contributed by atoms with E-state index in [9.17, 15) is 9.59 Å². The molecule has 3 rings (SSSR count). The van der Waals surface area contributed by atoms with Gasteiger partial charge in [0.25, 0.3) is 0 Å². The summed E-state index contributed by atoms with van der Waals surface area (Å²) in [5, 5.41) is 11.0. The van der Waals surface area contributed by atoms with Crippen LogP contribution in [0.15, 0.2) is 22.7 Å². The summed E-state index contributed by atoms with van der Waals surface area (Å²) < 4.78 is 0.941. The predicted octanol–water partition coefficient (Wildman–Crippen LogP) is 1.36. The van der Waals surface area contributed by atoms with Crippen LogP contribution in [-0.4, -0.2) is 60.6 Å². The van der Waals surface area contributed by atoms with Crippen molar-refractivity contribution in [2.24, 2.45) is 5.92 Å². The Kier molecular flexibility index (Phi) is 4.86. The van der Waals surface area contributed by atoms with E-state index in [2.05, 4.69) is 31.4 Å². The van der Waals surface area contributed by atoms with Gasteiger partial charge < -0.3 is 10.2 Å². The molecule has 0 saturated carbocycles. The lowest BCUT2D eigenvalue weighted by atomic mass is 10.1. The Balaban J connectivity index is 1.71. The van der Waals surface area contributed by atoms with Crippen molar-refractivity contribution in [3.05, 3.63) is 22.7 Å². The van der Waals surface area contributed by atoms with E-state index in [-0.39, 0.29) is 24.2 Å². The van der Waals surface area contributed by atoms with Gasteiger partial charge in [0.05, 0.1) is 11.4 Å². The van der Waals surface area contributed by atoms with Crippen LogP contribution in [0.5, 0.6) is 0 Å². The first kappa shape index (κ1) is 16.9. The number of rotatable bonds is 5. The molecule has 1 aliphatic rings. The number of hydrogen-bond donors (Lipinski definition) is 2. The molecule has 24 heavy (non-hydrogen) atoms. The van der Waals surface area contributed by atoms with Gasteiger partial charge in [0, 0.05) is 35.9 Å². The summed E-state index contributed by atoms with van der Waals surface area (Å²) in [6.07, 6.45) is 0.221. The second-order valence-electron chi connectivity index (χ2n) is 6.24. The molecule has 128 valence electrons. The predicted molar refractivity (Wildman–Crippen MR) is 95.8 cm³/mol. The standard InChI is InChI=1S/C16H20BrN5O2/c1-21(2)6-5-18-16(24)10-7-14(23)22(9-10)15-12-4-3-11(17)8-13(12)19-20-15/h3-4,8,10H,5-7,9H2,1-2H3,(H,18,24)(H,19,20)/t10-/m1/s1. The normalized spacial score (nSPS) is 17.9. The third-order valence-electron chi connectivity index (χ3n) is 4.11. The molecule has 7 nitrogen and oxygen atoms in total. The van der Waals surface area contributed by atoms with Gasteiger partial charge in [-0.15, -0.1) is 0 Å². The van der Waals surface area contributed by atoms with Crippen molar-refractivity contribution in [2.75, 3.05) is 38.6 Å². The Morgan fingerprint density at radius 3 is 3.04 bits per heavy atom. The average Bonchev–Trinajstić information content (AvgIpc) is 3.09. The van der Waals surface area contributed by atoms with E-state index in [4.69, 9.17) is 0 Å². The number of H-pyrrole nitrogens is 1. The molecule has 2 heterocycles. The zero-order chi connectivity index (χ0) is 17.3. The van der Waals surface area contributed by atoms with Crippen LogP contribution in [-0.2, 0) is 9.59 Å². The van der Waals surface area contributed by atoms with E-state index in [0.29, 0.717) is 18.9 Å². The molecule has 1 saturated heterocycles. The molecule has 2 N–H and O–H groups in total. The number of halogens is 1. The number of anilines is 1. The van der Waals surface area contributed by atoms with Gasteiger partial charge in [-0.05, 0) is 32.3 Å². The van der Waals surface area contributed by atoms with E-state index >= 15 is 0 Å². The zero-order valence-electron chi connectivity index (χ0n) is 13.7. The summed E-state index contributed by atoms with van der Waals surface area (Å²) in [4.78, 5) is 28.2. The first-order chi connectivity index (χ1) is 11.5. The molecule has 1 fully saturated rings. The van der Waals surface area contributed by atoms with Crippen LogP contribution in [0.2, 0.25) is 0 Å². The van der Waals surface area contributed by atoms with Gasteiger partial charge in [-0.3, -0.25) is 19.6 Å². The number of aromatic amines is 1. The summed E-state index contributed by atoms with van der Waals surface area (Å²) in [7, 11) is 3.90. The highest BCUT2D eigenvalue weighted by molar-refractivity contribution is 9.10. The maximum atomic E-state index is 12.4. The number of nitrogens with zero attached hydrogens (tertiary/aromatic N) is 3. The fraction of sp³-hybridized carbons (Fsp3) is 0.438. The minimum atomic E-state index is -0.332. The number of amides is 2. The van der Waals surface area contributed by atoms with E-state index in [0.717, 1.165) is 21.9 Å². The van der Waals surface area contributed by atoms with Crippen molar-refractivity contribution in [2.45, 2.75) is 6.42 Å². The largest absolute Gasteiger partial charge is 0.355 e. The van der Waals surface area contributed by atoms with Crippen molar-refractivity contribution >= 4 is 44.5 Å². The molecule has 0 unspecified atom stereocenters. The number of aromatic nitrogens is 2. The van der Waals surface area contributed by atoms with Gasteiger partial charge >= 0.3 is 0 Å². The van der Waals surface area contributed by atoms with Crippen molar-refractivity contribution in [1.29, 1.82) is 0 Å². The number of carbonyl (C=O) groups is 2. The number of nitrogens with one attached hydrogen (secondary N) is 2. The summed E-state index contributed by atoms with van der Waals surface area (Å²) in [5.41, 5.74) is 0.853. The molecule has 1 atom stereocenters. The summed E-state index contributed by atoms with van der Waals surface area (Å²) >= 11 is 3.42. The monoisotopic (exact) mass is 393 g/mol. The van der Waals surface area contributed by atoms with Crippen LogP contribution in [0.3, 0.4) is 0 Å². The number of fused-ring (bicyclic) bond motifs is 1. The Hall–Kier alpha value is -1.93. The van der Waals surface area contributed by atoms with Gasteiger partial charge in [0.1, 0.15) is 0 Å². The van der Waals surface area contributed by atoms with Gasteiger partial charge in [-0.2, -0.15) is 5.10 Å². The lowest BCUT2D eigenvalue weighted by molar-refractivity contribution is -0.126. The number of likely N-dealkylation sites (N-methyl/N-ethyl adjacent to an activating group) is 1. The van der Waals surface area contributed by atoms with Crippen molar-refractivity contribution in [3.8, 4) is 0 Å². The molecule has 8 heteroatoms. The summed E-state index contributed by atoms with van der Waals surface area (Å²) in [5.74, 6) is 0.113. The number of hydrogen-bond acceptors (Lipinski definition) is 4. The number of carbonyl (C=O) groups excluding carboxylic acids is 2. The van der Waals surface area contributed by atoms with E-state index in [1.54, 1.807) is 4.90 Å². The first-order valence-electron chi connectivity index (χ1n) is 7.82. The molecule has 0 aliphatic carbocycles. The Morgan fingerprint density at radius 1 is 1.50 bits per heavy atom.